The van der Waals surface area contributed by atoms with E-state index in [1.54, 1.807) is 12.1 Å². The highest BCUT2D eigenvalue weighted by Gasteiger charge is 2.17. The summed E-state index contributed by atoms with van der Waals surface area (Å²) in [5.41, 5.74) is 3.12. The number of anilines is 1. The summed E-state index contributed by atoms with van der Waals surface area (Å²) < 4.78 is 0. The van der Waals surface area contributed by atoms with E-state index in [4.69, 9.17) is 0 Å². The average molecular weight is 348 g/mol. The van der Waals surface area contributed by atoms with Gasteiger partial charge in [-0.2, -0.15) is 5.10 Å². The van der Waals surface area contributed by atoms with Crippen molar-refractivity contribution in [2.75, 3.05) is 5.32 Å². The lowest BCUT2D eigenvalue weighted by Gasteiger charge is -2.09. The van der Waals surface area contributed by atoms with Crippen molar-refractivity contribution in [2.24, 2.45) is 0 Å². The van der Waals surface area contributed by atoms with E-state index >= 15 is 0 Å². The minimum Gasteiger partial charge on any atom is -0.348 e. The maximum absolute atomic E-state index is 12.5. The van der Waals surface area contributed by atoms with Gasteiger partial charge in [-0.15, -0.1) is 0 Å². The molecule has 0 atom stereocenters. The highest BCUT2D eigenvalue weighted by atomic mass is 16.2. The van der Waals surface area contributed by atoms with E-state index in [1.807, 2.05) is 56.3 Å². The second kappa shape index (κ2) is 7.65. The number of rotatable bonds is 5. The Kier molecular flexibility index (Phi) is 5.12. The molecule has 0 spiro atoms. The average Bonchev–Trinajstić information content (AvgIpc) is 3.10. The van der Waals surface area contributed by atoms with Crippen LogP contribution in [0.4, 0.5) is 5.69 Å². The molecule has 2 amide bonds. The van der Waals surface area contributed by atoms with Gasteiger partial charge in [0.15, 0.2) is 5.69 Å². The number of nitrogens with zero attached hydrogens (tertiary/aromatic N) is 1. The van der Waals surface area contributed by atoms with E-state index < -0.39 is 0 Å². The van der Waals surface area contributed by atoms with E-state index in [1.165, 1.54) is 6.20 Å². The van der Waals surface area contributed by atoms with Crippen molar-refractivity contribution >= 4 is 17.5 Å². The van der Waals surface area contributed by atoms with Gasteiger partial charge in [-0.3, -0.25) is 14.7 Å². The molecule has 0 aliphatic heterocycles. The van der Waals surface area contributed by atoms with Gasteiger partial charge in [-0.05, 0) is 37.1 Å². The third-order valence-electron chi connectivity index (χ3n) is 3.78. The smallest absolute Gasteiger partial charge is 0.274 e. The molecule has 132 valence electrons. The Morgan fingerprint density at radius 2 is 1.58 bits per heavy atom. The minimum absolute atomic E-state index is 0.0201. The van der Waals surface area contributed by atoms with Crippen LogP contribution in [0.5, 0.6) is 0 Å². The molecule has 3 N–H and O–H groups in total. The first-order chi connectivity index (χ1) is 12.5. The van der Waals surface area contributed by atoms with Crippen LogP contribution in [0.15, 0.2) is 60.8 Å². The molecule has 1 heterocycles. The number of H-pyrrole nitrogens is 1. The standard InChI is InChI=1S/C20H20N4O2/c1-13(2)22-20(26)18-17(12-21-24-18)23-19(25)16-10-8-15(9-11-16)14-6-4-3-5-7-14/h3-13H,1-2H3,(H,21,24)(H,22,26)(H,23,25). The summed E-state index contributed by atoms with van der Waals surface area (Å²) in [5.74, 6) is -0.638. The largest absolute Gasteiger partial charge is 0.348 e. The predicted octanol–water partition coefficient (Wildman–Crippen LogP) is 3.47. The molecule has 0 unspecified atom stereocenters. The maximum Gasteiger partial charge on any atom is 0.274 e. The number of hydrogen-bond acceptors (Lipinski definition) is 3. The zero-order valence-corrected chi connectivity index (χ0v) is 14.6. The molecule has 0 saturated carbocycles. The lowest BCUT2D eigenvalue weighted by molar-refractivity contribution is 0.0939. The van der Waals surface area contributed by atoms with Gasteiger partial charge in [0.2, 0.25) is 0 Å². The zero-order valence-electron chi connectivity index (χ0n) is 14.6. The summed E-state index contributed by atoms with van der Waals surface area (Å²) in [6, 6.07) is 17.2. The molecule has 2 aromatic carbocycles. The molecular formula is C20H20N4O2. The quantitative estimate of drug-likeness (QED) is 0.660. The van der Waals surface area contributed by atoms with Crippen LogP contribution < -0.4 is 10.6 Å². The number of aromatic nitrogens is 2. The molecule has 6 nitrogen and oxygen atoms in total. The fraction of sp³-hybridized carbons (Fsp3) is 0.150. The molecular weight excluding hydrogens is 328 g/mol. The van der Waals surface area contributed by atoms with Crippen molar-refractivity contribution in [2.45, 2.75) is 19.9 Å². The molecule has 26 heavy (non-hydrogen) atoms. The monoisotopic (exact) mass is 348 g/mol. The zero-order chi connectivity index (χ0) is 18.5. The summed E-state index contributed by atoms with van der Waals surface area (Å²) in [4.78, 5) is 24.6. The van der Waals surface area contributed by atoms with Crippen molar-refractivity contribution in [3.05, 3.63) is 72.1 Å². The molecule has 0 saturated heterocycles. The van der Waals surface area contributed by atoms with E-state index in [2.05, 4.69) is 20.8 Å². The van der Waals surface area contributed by atoms with Crippen LogP contribution in [0.2, 0.25) is 0 Å². The fourth-order valence-electron chi connectivity index (χ4n) is 2.53. The summed E-state index contributed by atoms with van der Waals surface area (Å²) in [7, 11) is 0. The Bertz CT molecular complexity index is 899. The summed E-state index contributed by atoms with van der Waals surface area (Å²) in [6.45, 7) is 3.72. The molecule has 0 aliphatic carbocycles. The third kappa shape index (κ3) is 3.97. The lowest BCUT2D eigenvalue weighted by Crippen LogP contribution is -2.31. The second-order valence-corrected chi connectivity index (χ2v) is 6.17. The number of amides is 2. The first-order valence-corrected chi connectivity index (χ1v) is 8.36. The highest BCUT2D eigenvalue weighted by molar-refractivity contribution is 6.08. The SMILES string of the molecule is CC(C)NC(=O)c1n[nH]cc1NC(=O)c1ccc(-c2ccccc2)cc1. The molecule has 0 aliphatic rings. The highest BCUT2D eigenvalue weighted by Crippen LogP contribution is 2.20. The summed E-state index contributed by atoms with van der Waals surface area (Å²) in [5, 5.41) is 12.0. The molecule has 0 bridgehead atoms. The maximum atomic E-state index is 12.5. The number of hydrogen-bond donors (Lipinski definition) is 3. The van der Waals surface area contributed by atoms with Gasteiger partial charge < -0.3 is 10.6 Å². The third-order valence-corrected chi connectivity index (χ3v) is 3.78. The normalized spacial score (nSPS) is 10.6. The van der Waals surface area contributed by atoms with Crippen molar-refractivity contribution in [3.8, 4) is 11.1 Å². The summed E-state index contributed by atoms with van der Waals surface area (Å²) in [6.07, 6.45) is 1.49. The van der Waals surface area contributed by atoms with Crippen LogP contribution in [0.1, 0.15) is 34.7 Å². The van der Waals surface area contributed by atoms with Crippen molar-refractivity contribution in [1.82, 2.24) is 15.5 Å². The molecule has 6 heteroatoms. The van der Waals surface area contributed by atoms with Gasteiger partial charge in [0.1, 0.15) is 0 Å². The van der Waals surface area contributed by atoms with Crippen LogP contribution >= 0.6 is 0 Å². The molecule has 3 rings (SSSR count). The Labute approximate surface area is 151 Å². The van der Waals surface area contributed by atoms with E-state index in [0.29, 0.717) is 11.3 Å². The van der Waals surface area contributed by atoms with Gasteiger partial charge in [-0.25, -0.2) is 0 Å². The predicted molar refractivity (Wildman–Crippen MR) is 101 cm³/mol. The van der Waals surface area contributed by atoms with E-state index in [0.717, 1.165) is 11.1 Å². The molecule has 3 aromatic rings. The molecule has 0 fully saturated rings. The van der Waals surface area contributed by atoms with Gasteiger partial charge >= 0.3 is 0 Å². The lowest BCUT2D eigenvalue weighted by atomic mass is 10.0. The summed E-state index contributed by atoms with van der Waals surface area (Å²) >= 11 is 0. The van der Waals surface area contributed by atoms with Crippen LogP contribution in [-0.2, 0) is 0 Å². The van der Waals surface area contributed by atoms with Crippen LogP contribution in [0, 0.1) is 0 Å². The molecule has 1 aromatic heterocycles. The number of carbonyl (C=O) groups is 2. The number of aromatic amines is 1. The van der Waals surface area contributed by atoms with E-state index in [-0.39, 0.29) is 23.6 Å². The number of carbonyl (C=O) groups excluding carboxylic acids is 2. The fourth-order valence-corrected chi connectivity index (χ4v) is 2.53. The van der Waals surface area contributed by atoms with Crippen molar-refractivity contribution in [3.63, 3.8) is 0 Å². The first-order valence-electron chi connectivity index (χ1n) is 8.36. The van der Waals surface area contributed by atoms with Crippen LogP contribution in [0.25, 0.3) is 11.1 Å². The Morgan fingerprint density at radius 1 is 0.923 bits per heavy atom. The first kappa shape index (κ1) is 17.4. The Balaban J connectivity index is 1.73. The Hall–Kier alpha value is -3.41. The van der Waals surface area contributed by atoms with Gasteiger partial charge in [0.25, 0.3) is 11.8 Å². The van der Waals surface area contributed by atoms with Gasteiger partial charge in [0.05, 0.1) is 5.69 Å². The van der Waals surface area contributed by atoms with Gasteiger partial charge in [-0.1, -0.05) is 42.5 Å². The molecule has 0 radical (unpaired) electrons. The second-order valence-electron chi connectivity index (χ2n) is 6.17. The Morgan fingerprint density at radius 3 is 2.23 bits per heavy atom. The van der Waals surface area contributed by atoms with Crippen LogP contribution in [-0.4, -0.2) is 28.1 Å². The number of nitrogens with one attached hydrogen (secondary N) is 3. The topological polar surface area (TPSA) is 86.9 Å². The van der Waals surface area contributed by atoms with Crippen LogP contribution in [0.3, 0.4) is 0 Å². The van der Waals surface area contributed by atoms with Crippen molar-refractivity contribution < 1.29 is 9.59 Å². The van der Waals surface area contributed by atoms with Gasteiger partial charge in [0, 0.05) is 17.8 Å². The minimum atomic E-state index is -0.337. The number of benzene rings is 2. The van der Waals surface area contributed by atoms with Crippen molar-refractivity contribution in [1.29, 1.82) is 0 Å². The van der Waals surface area contributed by atoms with E-state index in [9.17, 15) is 9.59 Å².